The Labute approximate surface area is 115 Å². The van der Waals surface area contributed by atoms with Crippen molar-refractivity contribution in [2.24, 2.45) is 0 Å². The maximum absolute atomic E-state index is 12.5. The van der Waals surface area contributed by atoms with Gasteiger partial charge in [0.05, 0.1) is 5.41 Å². The first kappa shape index (κ1) is 13.5. The molecule has 0 aliphatic heterocycles. The predicted octanol–water partition coefficient (Wildman–Crippen LogP) is 4.36. The van der Waals surface area contributed by atoms with Gasteiger partial charge in [0.2, 0.25) is 0 Å². The molecule has 2 aromatic rings. The number of hydrogen-bond donors (Lipinski definition) is 0. The third-order valence-electron chi connectivity index (χ3n) is 3.76. The minimum atomic E-state index is -0.503. The summed E-state index contributed by atoms with van der Waals surface area (Å²) >= 11 is 0. The van der Waals surface area contributed by atoms with Crippen molar-refractivity contribution in [3.8, 4) is 0 Å². The van der Waals surface area contributed by atoms with Gasteiger partial charge >= 0.3 is 0 Å². The van der Waals surface area contributed by atoms with E-state index in [9.17, 15) is 4.79 Å². The van der Waals surface area contributed by atoms with Gasteiger partial charge in [0, 0.05) is 0 Å². The zero-order chi connectivity index (χ0) is 13.7. The molecular formula is C18H20O. The van der Waals surface area contributed by atoms with Crippen LogP contribution in [-0.2, 0) is 10.2 Å². The van der Waals surface area contributed by atoms with Crippen molar-refractivity contribution in [3.05, 3.63) is 71.8 Å². The molecule has 19 heavy (non-hydrogen) atoms. The normalized spacial score (nSPS) is 11.3. The van der Waals surface area contributed by atoms with Gasteiger partial charge in [-0.25, -0.2) is 0 Å². The minimum Gasteiger partial charge on any atom is -0.299 e. The van der Waals surface area contributed by atoms with E-state index in [-0.39, 0.29) is 5.78 Å². The summed E-state index contributed by atoms with van der Waals surface area (Å²) < 4.78 is 0. The average Bonchev–Trinajstić information content (AvgIpc) is 2.46. The van der Waals surface area contributed by atoms with E-state index in [2.05, 4.69) is 31.2 Å². The predicted molar refractivity (Wildman–Crippen MR) is 79.3 cm³/mol. The lowest BCUT2D eigenvalue weighted by atomic mass is 9.69. The molecule has 0 aliphatic carbocycles. The molecule has 0 heterocycles. The number of Topliss-reactive ketones (excluding diaryl/α,β-unsaturated/α-hetero) is 1. The van der Waals surface area contributed by atoms with Crippen LogP contribution in [0.5, 0.6) is 0 Å². The van der Waals surface area contributed by atoms with Crippen LogP contribution >= 0.6 is 0 Å². The molecule has 98 valence electrons. The average molecular weight is 252 g/mol. The summed E-state index contributed by atoms with van der Waals surface area (Å²) in [7, 11) is 0. The Morgan fingerprint density at radius 2 is 1.32 bits per heavy atom. The first-order chi connectivity index (χ1) is 9.21. The number of rotatable bonds is 5. The zero-order valence-electron chi connectivity index (χ0n) is 11.6. The lowest BCUT2D eigenvalue weighted by molar-refractivity contribution is -0.121. The lowest BCUT2D eigenvalue weighted by Crippen LogP contribution is -2.35. The molecular weight excluding hydrogens is 232 g/mol. The van der Waals surface area contributed by atoms with Gasteiger partial charge in [-0.15, -0.1) is 0 Å². The molecule has 0 radical (unpaired) electrons. The topological polar surface area (TPSA) is 17.1 Å². The second-order valence-corrected chi connectivity index (χ2v) is 4.94. The standard InChI is InChI=1S/C18H20O/c1-3-14-18(15(2)19,16-10-6-4-7-11-16)17-12-8-5-9-13-17/h4-13H,3,14H2,1-2H3. The van der Waals surface area contributed by atoms with Crippen molar-refractivity contribution in [3.63, 3.8) is 0 Å². The molecule has 0 atom stereocenters. The molecule has 1 heteroatoms. The number of hydrogen-bond acceptors (Lipinski definition) is 1. The van der Waals surface area contributed by atoms with Gasteiger partial charge in [0.15, 0.2) is 0 Å². The van der Waals surface area contributed by atoms with Crippen LogP contribution in [0.25, 0.3) is 0 Å². The number of carbonyl (C=O) groups excluding carboxylic acids is 1. The molecule has 0 aliphatic rings. The molecule has 0 bridgehead atoms. The smallest absolute Gasteiger partial charge is 0.144 e. The summed E-state index contributed by atoms with van der Waals surface area (Å²) in [5.74, 6) is 0.215. The van der Waals surface area contributed by atoms with Crippen molar-refractivity contribution in [1.82, 2.24) is 0 Å². The Morgan fingerprint density at radius 3 is 1.63 bits per heavy atom. The van der Waals surface area contributed by atoms with E-state index >= 15 is 0 Å². The van der Waals surface area contributed by atoms with Crippen LogP contribution < -0.4 is 0 Å². The maximum atomic E-state index is 12.5. The third-order valence-corrected chi connectivity index (χ3v) is 3.76. The quantitative estimate of drug-likeness (QED) is 0.772. The molecule has 2 aromatic carbocycles. The highest BCUT2D eigenvalue weighted by atomic mass is 16.1. The van der Waals surface area contributed by atoms with Crippen LogP contribution in [-0.4, -0.2) is 5.78 Å². The van der Waals surface area contributed by atoms with Gasteiger partial charge in [-0.2, -0.15) is 0 Å². The molecule has 0 unspecified atom stereocenters. The summed E-state index contributed by atoms with van der Waals surface area (Å²) in [5.41, 5.74) is 1.68. The van der Waals surface area contributed by atoms with E-state index in [1.165, 1.54) is 0 Å². The van der Waals surface area contributed by atoms with Crippen molar-refractivity contribution >= 4 is 5.78 Å². The second-order valence-electron chi connectivity index (χ2n) is 4.94. The molecule has 0 N–H and O–H groups in total. The summed E-state index contributed by atoms with van der Waals surface area (Å²) in [6, 6.07) is 20.2. The van der Waals surface area contributed by atoms with Crippen LogP contribution in [0.4, 0.5) is 0 Å². The Kier molecular flexibility index (Phi) is 4.16. The zero-order valence-corrected chi connectivity index (χ0v) is 11.6. The first-order valence-electron chi connectivity index (χ1n) is 6.84. The van der Waals surface area contributed by atoms with Crippen molar-refractivity contribution in [1.29, 1.82) is 0 Å². The minimum absolute atomic E-state index is 0.215. The molecule has 2 rings (SSSR count). The van der Waals surface area contributed by atoms with E-state index < -0.39 is 5.41 Å². The van der Waals surface area contributed by atoms with E-state index in [4.69, 9.17) is 0 Å². The Morgan fingerprint density at radius 1 is 0.895 bits per heavy atom. The second kappa shape index (κ2) is 5.83. The van der Waals surface area contributed by atoms with Gasteiger partial charge in [-0.3, -0.25) is 4.79 Å². The molecule has 1 nitrogen and oxygen atoms in total. The van der Waals surface area contributed by atoms with Crippen molar-refractivity contribution < 1.29 is 4.79 Å². The maximum Gasteiger partial charge on any atom is 0.144 e. The molecule has 0 amide bonds. The van der Waals surface area contributed by atoms with Crippen molar-refractivity contribution in [2.75, 3.05) is 0 Å². The highest BCUT2D eigenvalue weighted by Crippen LogP contribution is 2.37. The van der Waals surface area contributed by atoms with E-state index in [0.29, 0.717) is 0 Å². The fraction of sp³-hybridized carbons (Fsp3) is 0.278. The summed E-state index contributed by atoms with van der Waals surface area (Å²) in [6.07, 6.45) is 1.82. The van der Waals surface area contributed by atoms with Crippen LogP contribution in [0.1, 0.15) is 37.8 Å². The van der Waals surface area contributed by atoms with Gasteiger partial charge in [-0.05, 0) is 24.5 Å². The van der Waals surface area contributed by atoms with Gasteiger partial charge in [0.1, 0.15) is 5.78 Å². The lowest BCUT2D eigenvalue weighted by Gasteiger charge is -2.32. The fourth-order valence-corrected chi connectivity index (χ4v) is 2.86. The third kappa shape index (κ3) is 2.46. The Hall–Kier alpha value is -1.89. The molecule has 0 aromatic heterocycles. The van der Waals surface area contributed by atoms with Crippen molar-refractivity contribution in [2.45, 2.75) is 32.1 Å². The number of carbonyl (C=O) groups is 1. The van der Waals surface area contributed by atoms with Gasteiger partial charge < -0.3 is 0 Å². The molecule has 0 saturated carbocycles. The number of ketones is 1. The van der Waals surface area contributed by atoms with Crippen LogP contribution in [0, 0.1) is 0 Å². The summed E-state index contributed by atoms with van der Waals surface area (Å²) in [6.45, 7) is 3.83. The monoisotopic (exact) mass is 252 g/mol. The largest absolute Gasteiger partial charge is 0.299 e. The Balaban J connectivity index is 2.65. The van der Waals surface area contributed by atoms with E-state index in [0.717, 1.165) is 24.0 Å². The van der Waals surface area contributed by atoms with E-state index in [1.807, 2.05) is 36.4 Å². The molecule has 0 saturated heterocycles. The van der Waals surface area contributed by atoms with Crippen LogP contribution in [0.15, 0.2) is 60.7 Å². The fourth-order valence-electron chi connectivity index (χ4n) is 2.86. The molecule has 0 spiro atoms. The van der Waals surface area contributed by atoms with Crippen LogP contribution in [0.3, 0.4) is 0 Å². The van der Waals surface area contributed by atoms with E-state index in [1.54, 1.807) is 6.92 Å². The SMILES string of the molecule is CCCC(C(C)=O)(c1ccccc1)c1ccccc1. The summed E-state index contributed by atoms with van der Waals surface area (Å²) in [4.78, 5) is 12.5. The highest BCUT2D eigenvalue weighted by molar-refractivity contribution is 5.92. The number of benzene rings is 2. The first-order valence-corrected chi connectivity index (χ1v) is 6.84. The summed E-state index contributed by atoms with van der Waals surface area (Å²) in [5, 5.41) is 0. The van der Waals surface area contributed by atoms with Gasteiger partial charge in [-0.1, -0.05) is 74.0 Å². The molecule has 0 fully saturated rings. The highest BCUT2D eigenvalue weighted by Gasteiger charge is 2.37. The van der Waals surface area contributed by atoms with Gasteiger partial charge in [0.25, 0.3) is 0 Å². The Bertz CT molecular complexity index is 489. The van der Waals surface area contributed by atoms with Crippen LogP contribution in [0.2, 0.25) is 0 Å².